The molecule has 0 amide bonds. The summed E-state index contributed by atoms with van der Waals surface area (Å²) < 4.78 is 0. The van der Waals surface area contributed by atoms with Gasteiger partial charge in [0.25, 0.3) is 0 Å². The molecule has 1 unspecified atom stereocenters. The summed E-state index contributed by atoms with van der Waals surface area (Å²) in [5, 5.41) is 1.24. The van der Waals surface area contributed by atoms with Crippen molar-refractivity contribution < 1.29 is 0 Å². The Morgan fingerprint density at radius 3 is 3.17 bits per heavy atom. The number of fused-ring (bicyclic) bond motifs is 1. The van der Waals surface area contributed by atoms with E-state index in [-0.39, 0.29) is 0 Å². The third kappa shape index (κ3) is 2.47. The Kier molecular flexibility index (Phi) is 3.18. The first-order valence-electron chi connectivity index (χ1n) is 6.49. The molecular weight excluding hydrogens is 240 g/mol. The van der Waals surface area contributed by atoms with E-state index >= 15 is 0 Å². The van der Waals surface area contributed by atoms with E-state index in [9.17, 15) is 0 Å². The molecule has 0 saturated carbocycles. The van der Waals surface area contributed by atoms with E-state index in [0.29, 0.717) is 6.04 Å². The molecule has 3 heteroatoms. The zero-order chi connectivity index (χ0) is 12.5. The Balaban J connectivity index is 1.82. The molecule has 0 fully saturated rings. The number of rotatable bonds is 2. The van der Waals surface area contributed by atoms with Crippen LogP contribution in [0.15, 0.2) is 24.3 Å². The van der Waals surface area contributed by atoms with Gasteiger partial charge in [-0.15, -0.1) is 11.3 Å². The van der Waals surface area contributed by atoms with Crippen LogP contribution in [0, 0.1) is 6.92 Å². The summed E-state index contributed by atoms with van der Waals surface area (Å²) >= 11 is 1.85. The molecule has 2 nitrogen and oxygen atoms in total. The van der Waals surface area contributed by atoms with Crippen molar-refractivity contribution in [1.82, 2.24) is 4.98 Å². The Hall–Kier alpha value is -1.19. The summed E-state index contributed by atoms with van der Waals surface area (Å²) in [6.07, 6.45) is 4.11. The molecule has 2 aromatic rings. The molecule has 0 bridgehead atoms. The predicted octanol–water partition coefficient (Wildman–Crippen LogP) is 2.86. The SMILES string of the molecule is Cc1cccc(Cc2nc3c(s2)CC(N)CC3)c1. The molecule has 3 rings (SSSR count). The van der Waals surface area contributed by atoms with Crippen LogP contribution in [0.25, 0.3) is 0 Å². The highest BCUT2D eigenvalue weighted by Gasteiger charge is 2.19. The Morgan fingerprint density at radius 1 is 1.44 bits per heavy atom. The van der Waals surface area contributed by atoms with Gasteiger partial charge in [0, 0.05) is 17.3 Å². The van der Waals surface area contributed by atoms with E-state index < -0.39 is 0 Å². The summed E-state index contributed by atoms with van der Waals surface area (Å²) in [7, 11) is 0. The number of hydrogen-bond acceptors (Lipinski definition) is 3. The maximum absolute atomic E-state index is 6.01. The van der Waals surface area contributed by atoms with Crippen molar-refractivity contribution in [3.8, 4) is 0 Å². The zero-order valence-corrected chi connectivity index (χ0v) is 11.5. The van der Waals surface area contributed by atoms with Crippen molar-refractivity contribution in [2.45, 2.75) is 38.6 Å². The van der Waals surface area contributed by atoms with E-state index in [2.05, 4.69) is 31.2 Å². The summed E-state index contributed by atoms with van der Waals surface area (Å²) in [6, 6.07) is 9.01. The van der Waals surface area contributed by atoms with Gasteiger partial charge in [0.15, 0.2) is 0 Å². The molecule has 18 heavy (non-hydrogen) atoms. The monoisotopic (exact) mass is 258 g/mol. The van der Waals surface area contributed by atoms with Crippen LogP contribution in [0.5, 0.6) is 0 Å². The van der Waals surface area contributed by atoms with Gasteiger partial charge in [0.2, 0.25) is 0 Å². The van der Waals surface area contributed by atoms with Crippen LogP contribution < -0.4 is 5.73 Å². The van der Waals surface area contributed by atoms with Gasteiger partial charge in [-0.3, -0.25) is 0 Å². The van der Waals surface area contributed by atoms with Gasteiger partial charge in [-0.1, -0.05) is 29.8 Å². The standard InChI is InChI=1S/C15H18N2S/c1-10-3-2-4-11(7-10)8-15-17-13-6-5-12(16)9-14(13)18-15/h2-4,7,12H,5-6,8-9,16H2,1H3. The number of nitrogens with zero attached hydrogens (tertiary/aromatic N) is 1. The number of aryl methyl sites for hydroxylation is 2. The fourth-order valence-electron chi connectivity index (χ4n) is 2.53. The average molecular weight is 258 g/mol. The second-order valence-electron chi connectivity index (χ2n) is 5.15. The van der Waals surface area contributed by atoms with Crippen molar-refractivity contribution in [1.29, 1.82) is 0 Å². The largest absolute Gasteiger partial charge is 0.327 e. The van der Waals surface area contributed by atoms with Crippen molar-refractivity contribution in [2.24, 2.45) is 5.73 Å². The van der Waals surface area contributed by atoms with Crippen molar-refractivity contribution >= 4 is 11.3 Å². The topological polar surface area (TPSA) is 38.9 Å². The Bertz CT molecular complexity index is 559. The first kappa shape index (κ1) is 11.9. The van der Waals surface area contributed by atoms with Gasteiger partial charge in [-0.25, -0.2) is 4.98 Å². The van der Waals surface area contributed by atoms with Crippen molar-refractivity contribution in [3.63, 3.8) is 0 Å². The van der Waals surface area contributed by atoms with Crippen LogP contribution in [0.1, 0.15) is 33.1 Å². The van der Waals surface area contributed by atoms with E-state index in [1.807, 2.05) is 11.3 Å². The second kappa shape index (κ2) is 4.82. The van der Waals surface area contributed by atoms with Gasteiger partial charge in [-0.05, 0) is 31.7 Å². The summed E-state index contributed by atoms with van der Waals surface area (Å²) in [6.45, 7) is 2.13. The highest BCUT2D eigenvalue weighted by molar-refractivity contribution is 7.11. The first-order valence-corrected chi connectivity index (χ1v) is 7.31. The molecule has 1 heterocycles. The lowest BCUT2D eigenvalue weighted by atomic mass is 9.99. The number of hydrogen-bond donors (Lipinski definition) is 1. The first-order chi connectivity index (χ1) is 8.70. The van der Waals surface area contributed by atoms with Crippen LogP contribution in [0.2, 0.25) is 0 Å². The molecule has 1 aromatic heterocycles. The molecule has 0 spiro atoms. The molecular formula is C15H18N2S. The smallest absolute Gasteiger partial charge is 0.0974 e. The van der Waals surface area contributed by atoms with Gasteiger partial charge < -0.3 is 5.73 Å². The summed E-state index contributed by atoms with van der Waals surface area (Å²) in [4.78, 5) is 6.19. The van der Waals surface area contributed by atoms with E-state index in [0.717, 1.165) is 25.7 Å². The van der Waals surface area contributed by atoms with Crippen LogP contribution in [-0.2, 0) is 19.3 Å². The fourth-order valence-corrected chi connectivity index (χ4v) is 3.77. The molecule has 94 valence electrons. The van der Waals surface area contributed by atoms with Gasteiger partial charge >= 0.3 is 0 Å². The maximum atomic E-state index is 6.01. The molecule has 1 aliphatic carbocycles. The normalized spacial score (nSPS) is 18.7. The molecule has 0 aliphatic heterocycles. The fraction of sp³-hybridized carbons (Fsp3) is 0.400. The molecule has 0 radical (unpaired) electrons. The number of nitrogens with two attached hydrogens (primary N) is 1. The van der Waals surface area contributed by atoms with Gasteiger partial charge in [0.05, 0.1) is 10.7 Å². The van der Waals surface area contributed by atoms with Crippen LogP contribution >= 0.6 is 11.3 Å². The molecule has 0 saturated heterocycles. The summed E-state index contributed by atoms with van der Waals surface area (Å²) in [5.74, 6) is 0. The van der Waals surface area contributed by atoms with Crippen LogP contribution in [-0.4, -0.2) is 11.0 Å². The maximum Gasteiger partial charge on any atom is 0.0974 e. The minimum absolute atomic E-state index is 0.338. The van der Waals surface area contributed by atoms with Crippen molar-refractivity contribution in [3.05, 3.63) is 51.0 Å². The van der Waals surface area contributed by atoms with Crippen LogP contribution in [0.4, 0.5) is 0 Å². The Labute approximate surface area is 112 Å². The summed E-state index contributed by atoms with van der Waals surface area (Å²) in [5.41, 5.74) is 9.97. The van der Waals surface area contributed by atoms with E-state index in [4.69, 9.17) is 10.7 Å². The quantitative estimate of drug-likeness (QED) is 0.899. The molecule has 2 N–H and O–H groups in total. The second-order valence-corrected chi connectivity index (χ2v) is 6.31. The van der Waals surface area contributed by atoms with Gasteiger partial charge in [-0.2, -0.15) is 0 Å². The lowest BCUT2D eigenvalue weighted by molar-refractivity contribution is 0.575. The molecule has 1 atom stereocenters. The number of aromatic nitrogens is 1. The number of benzene rings is 1. The highest BCUT2D eigenvalue weighted by atomic mass is 32.1. The minimum atomic E-state index is 0.338. The molecule has 1 aliphatic rings. The highest BCUT2D eigenvalue weighted by Crippen LogP contribution is 2.27. The lowest BCUT2D eigenvalue weighted by Crippen LogP contribution is -2.26. The van der Waals surface area contributed by atoms with Gasteiger partial charge in [0.1, 0.15) is 0 Å². The van der Waals surface area contributed by atoms with E-state index in [1.54, 1.807) is 0 Å². The van der Waals surface area contributed by atoms with E-state index in [1.165, 1.54) is 26.7 Å². The minimum Gasteiger partial charge on any atom is -0.327 e. The lowest BCUT2D eigenvalue weighted by Gasteiger charge is -2.15. The molecule has 1 aromatic carbocycles. The predicted molar refractivity (Wildman–Crippen MR) is 76.1 cm³/mol. The number of thiazole rings is 1. The average Bonchev–Trinajstić information content (AvgIpc) is 2.70. The third-order valence-corrected chi connectivity index (χ3v) is 4.58. The van der Waals surface area contributed by atoms with Crippen LogP contribution in [0.3, 0.4) is 0 Å². The van der Waals surface area contributed by atoms with Crippen molar-refractivity contribution in [2.75, 3.05) is 0 Å². The zero-order valence-electron chi connectivity index (χ0n) is 10.6. The third-order valence-electron chi connectivity index (χ3n) is 3.46. The Morgan fingerprint density at radius 2 is 2.33 bits per heavy atom.